The van der Waals surface area contributed by atoms with Gasteiger partial charge in [0, 0.05) is 44.8 Å². The standard InChI is InChI=1S/C19H30N4O2/c1-5-10-23-16-7-6-15(19(23)25)11-22(12-16)18(24)9-8-17-13(2)20-21(4)14(17)3/h15-16H,5-12H2,1-4H3/t15-,16+/m1/s1. The van der Waals surface area contributed by atoms with Gasteiger partial charge in [0.05, 0.1) is 11.6 Å². The molecule has 2 amide bonds. The van der Waals surface area contributed by atoms with Crippen molar-refractivity contribution in [1.29, 1.82) is 0 Å². The molecule has 0 radical (unpaired) electrons. The zero-order chi connectivity index (χ0) is 18.1. The molecule has 0 aliphatic carbocycles. The van der Waals surface area contributed by atoms with E-state index in [0.29, 0.717) is 19.5 Å². The molecular weight excluding hydrogens is 316 g/mol. The second-order valence-corrected chi connectivity index (χ2v) is 7.53. The van der Waals surface area contributed by atoms with Gasteiger partial charge in [-0.1, -0.05) is 6.92 Å². The minimum atomic E-state index is -0.00360. The fraction of sp³-hybridized carbons (Fsp3) is 0.737. The van der Waals surface area contributed by atoms with Gasteiger partial charge < -0.3 is 9.80 Å². The fourth-order valence-electron chi connectivity index (χ4n) is 4.35. The first kappa shape index (κ1) is 18.0. The van der Waals surface area contributed by atoms with Crippen LogP contribution in [-0.4, -0.2) is 57.1 Å². The molecule has 0 unspecified atom stereocenters. The molecule has 3 fully saturated rings. The highest BCUT2D eigenvalue weighted by Crippen LogP contribution is 2.29. The Morgan fingerprint density at radius 1 is 1.24 bits per heavy atom. The van der Waals surface area contributed by atoms with E-state index >= 15 is 0 Å². The second kappa shape index (κ2) is 7.18. The number of amides is 2. The van der Waals surface area contributed by atoms with Gasteiger partial charge >= 0.3 is 0 Å². The van der Waals surface area contributed by atoms with Crippen molar-refractivity contribution in [3.05, 3.63) is 17.0 Å². The number of fused-ring (bicyclic) bond motifs is 4. The van der Waals surface area contributed by atoms with Gasteiger partial charge in [-0.05, 0) is 45.1 Å². The van der Waals surface area contributed by atoms with Crippen LogP contribution in [0.1, 0.15) is 49.6 Å². The summed E-state index contributed by atoms with van der Waals surface area (Å²) in [6, 6.07) is 0.206. The van der Waals surface area contributed by atoms with Crippen LogP contribution in [0, 0.1) is 19.8 Å². The van der Waals surface area contributed by atoms with E-state index in [1.54, 1.807) is 0 Å². The molecule has 2 bridgehead atoms. The maximum atomic E-state index is 12.8. The van der Waals surface area contributed by atoms with E-state index in [9.17, 15) is 9.59 Å². The van der Waals surface area contributed by atoms with Crippen LogP contribution in [0.4, 0.5) is 0 Å². The molecule has 0 spiro atoms. The van der Waals surface area contributed by atoms with Crippen molar-refractivity contribution in [2.75, 3.05) is 19.6 Å². The lowest BCUT2D eigenvalue weighted by atomic mass is 9.94. The topological polar surface area (TPSA) is 58.4 Å². The third kappa shape index (κ3) is 3.44. The lowest BCUT2D eigenvalue weighted by Gasteiger charge is -2.35. The lowest BCUT2D eigenvalue weighted by molar-refractivity contribution is -0.139. The van der Waals surface area contributed by atoms with Gasteiger partial charge in [-0.25, -0.2) is 0 Å². The summed E-state index contributed by atoms with van der Waals surface area (Å²) in [5.41, 5.74) is 3.32. The minimum Gasteiger partial charge on any atom is -0.340 e. The summed E-state index contributed by atoms with van der Waals surface area (Å²) in [6.45, 7) is 8.27. The van der Waals surface area contributed by atoms with Crippen molar-refractivity contribution in [2.45, 2.75) is 58.9 Å². The Morgan fingerprint density at radius 2 is 2.00 bits per heavy atom. The second-order valence-electron chi connectivity index (χ2n) is 7.53. The SMILES string of the molecule is CCCN1C(=O)[C@@H]2CC[C@H]1CN(C(=O)CCc1c(C)nn(C)c1C)C2. The van der Waals surface area contributed by atoms with Crippen LogP contribution in [0.5, 0.6) is 0 Å². The van der Waals surface area contributed by atoms with Gasteiger partial charge in [0.15, 0.2) is 0 Å². The molecule has 2 atom stereocenters. The van der Waals surface area contributed by atoms with Gasteiger partial charge in [0.25, 0.3) is 0 Å². The summed E-state index contributed by atoms with van der Waals surface area (Å²) in [6.07, 6.45) is 4.15. The molecule has 25 heavy (non-hydrogen) atoms. The van der Waals surface area contributed by atoms with Crippen molar-refractivity contribution >= 4 is 11.8 Å². The minimum absolute atomic E-state index is 0.00360. The summed E-state index contributed by atoms with van der Waals surface area (Å²) in [4.78, 5) is 29.4. The van der Waals surface area contributed by atoms with Crippen molar-refractivity contribution in [1.82, 2.24) is 19.6 Å². The van der Waals surface area contributed by atoms with Crippen LogP contribution in [0.3, 0.4) is 0 Å². The van der Waals surface area contributed by atoms with E-state index in [1.807, 2.05) is 35.4 Å². The molecule has 3 saturated heterocycles. The highest BCUT2D eigenvalue weighted by Gasteiger charge is 2.41. The van der Waals surface area contributed by atoms with E-state index in [0.717, 1.165) is 43.6 Å². The first-order valence-electron chi connectivity index (χ1n) is 9.49. The number of carbonyl (C=O) groups excluding carboxylic acids is 2. The van der Waals surface area contributed by atoms with Gasteiger partial charge in [-0.3, -0.25) is 14.3 Å². The van der Waals surface area contributed by atoms with Gasteiger partial charge in [0.1, 0.15) is 0 Å². The monoisotopic (exact) mass is 346 g/mol. The van der Waals surface area contributed by atoms with Crippen LogP contribution in [-0.2, 0) is 23.1 Å². The largest absolute Gasteiger partial charge is 0.340 e. The zero-order valence-corrected chi connectivity index (χ0v) is 15.9. The summed E-state index contributed by atoms with van der Waals surface area (Å²) in [5.74, 6) is 0.425. The molecule has 3 aliphatic rings. The summed E-state index contributed by atoms with van der Waals surface area (Å²) in [5, 5.41) is 4.43. The number of rotatable bonds is 5. The molecule has 1 aromatic heterocycles. The Labute approximate surface area is 150 Å². The molecule has 138 valence electrons. The normalized spacial score (nSPS) is 23.3. The molecule has 0 N–H and O–H groups in total. The first-order valence-corrected chi connectivity index (χ1v) is 9.49. The average molecular weight is 346 g/mol. The molecule has 0 saturated carbocycles. The lowest BCUT2D eigenvalue weighted by Crippen LogP contribution is -2.48. The fourth-order valence-corrected chi connectivity index (χ4v) is 4.35. The number of nitrogens with zero attached hydrogens (tertiary/aromatic N) is 4. The molecule has 6 heteroatoms. The predicted octanol–water partition coefficient (Wildman–Crippen LogP) is 1.83. The maximum absolute atomic E-state index is 12.8. The van der Waals surface area contributed by atoms with Gasteiger partial charge in [-0.2, -0.15) is 5.10 Å². The highest BCUT2D eigenvalue weighted by atomic mass is 16.2. The molecule has 4 rings (SSSR count). The van der Waals surface area contributed by atoms with Crippen LogP contribution in [0.25, 0.3) is 0 Å². The predicted molar refractivity (Wildman–Crippen MR) is 96.1 cm³/mol. The summed E-state index contributed by atoms with van der Waals surface area (Å²) in [7, 11) is 1.94. The number of carbonyl (C=O) groups is 2. The van der Waals surface area contributed by atoms with Crippen molar-refractivity contribution < 1.29 is 9.59 Å². The Hall–Kier alpha value is -1.85. The van der Waals surface area contributed by atoms with Crippen LogP contribution < -0.4 is 0 Å². The van der Waals surface area contributed by atoms with Crippen molar-refractivity contribution in [3.8, 4) is 0 Å². The van der Waals surface area contributed by atoms with Crippen LogP contribution >= 0.6 is 0 Å². The molecule has 6 nitrogen and oxygen atoms in total. The number of hydrogen-bond acceptors (Lipinski definition) is 3. The van der Waals surface area contributed by atoms with Crippen LogP contribution in [0.15, 0.2) is 0 Å². The van der Waals surface area contributed by atoms with Crippen LogP contribution in [0.2, 0.25) is 0 Å². The van der Waals surface area contributed by atoms with E-state index in [1.165, 1.54) is 5.56 Å². The maximum Gasteiger partial charge on any atom is 0.227 e. The Bertz CT molecular complexity index is 667. The quantitative estimate of drug-likeness (QED) is 0.817. The van der Waals surface area contributed by atoms with E-state index < -0.39 is 0 Å². The molecular formula is C19H30N4O2. The number of aryl methyl sites for hydroxylation is 2. The van der Waals surface area contributed by atoms with Gasteiger partial charge in [-0.15, -0.1) is 0 Å². The zero-order valence-electron chi connectivity index (χ0n) is 15.9. The Morgan fingerprint density at radius 3 is 2.64 bits per heavy atom. The highest BCUT2D eigenvalue weighted by molar-refractivity contribution is 5.83. The van der Waals surface area contributed by atoms with Crippen molar-refractivity contribution in [2.24, 2.45) is 13.0 Å². The molecule has 1 aromatic rings. The molecule has 3 aliphatic heterocycles. The molecule has 0 aromatic carbocycles. The van der Waals surface area contributed by atoms with E-state index in [4.69, 9.17) is 0 Å². The average Bonchev–Trinajstić information content (AvgIpc) is 2.77. The van der Waals surface area contributed by atoms with Crippen molar-refractivity contribution in [3.63, 3.8) is 0 Å². The Balaban J connectivity index is 1.66. The Kier molecular flexibility index (Phi) is 5.16. The van der Waals surface area contributed by atoms with E-state index in [2.05, 4.69) is 12.0 Å². The number of hydrogen-bond donors (Lipinski definition) is 0. The third-order valence-corrected chi connectivity index (χ3v) is 5.86. The van der Waals surface area contributed by atoms with Gasteiger partial charge in [0.2, 0.25) is 11.8 Å². The number of piperidine rings is 1. The summed E-state index contributed by atoms with van der Waals surface area (Å²) >= 11 is 0. The smallest absolute Gasteiger partial charge is 0.227 e. The number of aromatic nitrogens is 2. The summed E-state index contributed by atoms with van der Waals surface area (Å²) < 4.78 is 1.88. The molecule has 4 heterocycles. The first-order chi connectivity index (χ1) is 11.9. The van der Waals surface area contributed by atoms with E-state index in [-0.39, 0.29) is 23.8 Å². The third-order valence-electron chi connectivity index (χ3n) is 5.86.